The Morgan fingerprint density at radius 2 is 2.11 bits per heavy atom. The summed E-state index contributed by atoms with van der Waals surface area (Å²) in [5.41, 5.74) is 0.587. The van der Waals surface area contributed by atoms with Crippen molar-refractivity contribution in [2.75, 3.05) is 0 Å². The number of aryl methyl sites for hydroxylation is 1. The highest BCUT2D eigenvalue weighted by Crippen LogP contribution is 2.22. The number of alkyl halides is 3. The minimum absolute atomic E-state index is 0.0143. The highest BCUT2D eigenvalue weighted by molar-refractivity contribution is 6.00. The Kier molecular flexibility index (Phi) is 3.41. The van der Waals surface area contributed by atoms with Crippen molar-refractivity contribution in [2.45, 2.75) is 25.6 Å². The molecule has 0 aliphatic heterocycles. The van der Waals surface area contributed by atoms with E-state index in [4.69, 9.17) is 5.11 Å². The van der Waals surface area contributed by atoms with Gasteiger partial charge in [0.25, 0.3) is 0 Å². The SMILES string of the molecule is O=C(O)c1cccc2c1nnn2CCCC(F)(F)F. The summed E-state index contributed by atoms with van der Waals surface area (Å²) in [7, 11) is 0. The van der Waals surface area contributed by atoms with Crippen LogP contribution in [-0.2, 0) is 6.54 Å². The third-order valence-electron chi connectivity index (χ3n) is 2.61. The van der Waals surface area contributed by atoms with Crippen LogP contribution < -0.4 is 0 Å². The molecule has 0 amide bonds. The molecule has 0 saturated carbocycles. The molecule has 19 heavy (non-hydrogen) atoms. The largest absolute Gasteiger partial charge is 0.478 e. The van der Waals surface area contributed by atoms with E-state index < -0.39 is 18.6 Å². The van der Waals surface area contributed by atoms with E-state index in [9.17, 15) is 18.0 Å². The maximum absolute atomic E-state index is 12.0. The zero-order chi connectivity index (χ0) is 14.0. The maximum atomic E-state index is 12.0. The van der Waals surface area contributed by atoms with Crippen LogP contribution in [-0.4, -0.2) is 32.2 Å². The molecule has 2 aromatic rings. The first-order valence-corrected chi connectivity index (χ1v) is 5.51. The molecule has 0 aliphatic carbocycles. The number of aromatic nitrogens is 3. The first kappa shape index (κ1) is 13.3. The van der Waals surface area contributed by atoms with Crippen molar-refractivity contribution >= 4 is 17.0 Å². The summed E-state index contributed by atoms with van der Waals surface area (Å²) in [4.78, 5) is 10.9. The van der Waals surface area contributed by atoms with E-state index in [1.165, 1.54) is 16.8 Å². The summed E-state index contributed by atoms with van der Waals surface area (Å²) in [5, 5.41) is 16.3. The standard InChI is InChI=1S/C11H10F3N3O2/c12-11(13,14)5-2-6-17-8-4-1-3-7(10(18)19)9(8)15-16-17/h1,3-4H,2,5-6H2,(H,18,19). The van der Waals surface area contributed by atoms with Crippen molar-refractivity contribution in [3.8, 4) is 0 Å². The Hall–Kier alpha value is -2.12. The number of fused-ring (bicyclic) bond motifs is 1. The Bertz CT molecular complexity index is 607. The Morgan fingerprint density at radius 1 is 1.37 bits per heavy atom. The number of hydrogen-bond acceptors (Lipinski definition) is 3. The van der Waals surface area contributed by atoms with Crippen LogP contribution in [0.25, 0.3) is 11.0 Å². The van der Waals surface area contributed by atoms with Crippen LogP contribution in [0.5, 0.6) is 0 Å². The van der Waals surface area contributed by atoms with Gasteiger partial charge in [-0.3, -0.25) is 0 Å². The van der Waals surface area contributed by atoms with Gasteiger partial charge in [0, 0.05) is 13.0 Å². The number of aromatic carboxylic acids is 1. The topological polar surface area (TPSA) is 68.0 Å². The Balaban J connectivity index is 2.22. The van der Waals surface area contributed by atoms with Gasteiger partial charge in [-0.2, -0.15) is 13.2 Å². The molecule has 0 atom stereocenters. The van der Waals surface area contributed by atoms with Gasteiger partial charge >= 0.3 is 12.1 Å². The lowest BCUT2D eigenvalue weighted by Crippen LogP contribution is -2.10. The lowest BCUT2D eigenvalue weighted by Gasteiger charge is -2.06. The molecule has 1 aromatic carbocycles. The Labute approximate surface area is 105 Å². The first-order valence-electron chi connectivity index (χ1n) is 5.51. The smallest absolute Gasteiger partial charge is 0.389 e. The lowest BCUT2D eigenvalue weighted by molar-refractivity contribution is -0.136. The van der Waals surface area contributed by atoms with E-state index in [0.29, 0.717) is 5.52 Å². The number of benzene rings is 1. The number of carbonyl (C=O) groups is 1. The minimum atomic E-state index is -4.21. The van der Waals surface area contributed by atoms with Crippen molar-refractivity contribution in [3.63, 3.8) is 0 Å². The van der Waals surface area contributed by atoms with Crippen LogP contribution >= 0.6 is 0 Å². The molecule has 1 aromatic heterocycles. The molecule has 0 bridgehead atoms. The molecule has 2 rings (SSSR count). The average Bonchev–Trinajstić information content (AvgIpc) is 2.70. The third kappa shape index (κ3) is 3.01. The first-order chi connectivity index (χ1) is 8.88. The van der Waals surface area contributed by atoms with E-state index in [2.05, 4.69) is 10.3 Å². The van der Waals surface area contributed by atoms with E-state index in [0.717, 1.165) is 0 Å². The minimum Gasteiger partial charge on any atom is -0.478 e. The second-order valence-corrected chi connectivity index (χ2v) is 4.01. The fraction of sp³-hybridized carbons (Fsp3) is 0.364. The van der Waals surface area contributed by atoms with Gasteiger partial charge in [0.15, 0.2) is 0 Å². The Morgan fingerprint density at radius 3 is 2.74 bits per heavy atom. The highest BCUT2D eigenvalue weighted by atomic mass is 19.4. The normalized spacial score (nSPS) is 11.9. The van der Waals surface area contributed by atoms with Gasteiger partial charge < -0.3 is 5.11 Å². The van der Waals surface area contributed by atoms with Crippen LogP contribution in [0.15, 0.2) is 18.2 Å². The number of rotatable bonds is 4. The number of carboxylic acid groups (broad SMARTS) is 1. The van der Waals surface area contributed by atoms with Crippen LogP contribution in [0.3, 0.4) is 0 Å². The van der Waals surface area contributed by atoms with Gasteiger partial charge in [0.1, 0.15) is 5.52 Å². The lowest BCUT2D eigenvalue weighted by atomic mass is 10.2. The predicted octanol–water partition coefficient (Wildman–Crippen LogP) is 2.47. The zero-order valence-electron chi connectivity index (χ0n) is 9.68. The van der Waals surface area contributed by atoms with E-state index in [1.807, 2.05) is 0 Å². The molecule has 1 heterocycles. The molecule has 0 fully saturated rings. The van der Waals surface area contributed by atoms with Gasteiger partial charge in [-0.15, -0.1) is 5.10 Å². The van der Waals surface area contributed by atoms with E-state index in [-0.39, 0.29) is 24.0 Å². The van der Waals surface area contributed by atoms with Crippen LogP contribution in [0, 0.1) is 0 Å². The van der Waals surface area contributed by atoms with Crippen LogP contribution in [0.4, 0.5) is 13.2 Å². The molecular formula is C11H10F3N3O2. The number of halogens is 3. The van der Waals surface area contributed by atoms with Crippen molar-refractivity contribution < 1.29 is 23.1 Å². The van der Waals surface area contributed by atoms with Gasteiger partial charge in [-0.1, -0.05) is 11.3 Å². The summed E-state index contributed by atoms with van der Waals surface area (Å²) in [6.45, 7) is 0.0408. The molecule has 0 saturated heterocycles. The molecule has 0 spiro atoms. The molecular weight excluding hydrogens is 263 g/mol. The van der Waals surface area contributed by atoms with Crippen molar-refractivity contribution in [2.24, 2.45) is 0 Å². The summed E-state index contributed by atoms with van der Waals surface area (Å²) in [6.07, 6.45) is -5.24. The summed E-state index contributed by atoms with van der Waals surface area (Å²) < 4.78 is 37.4. The molecule has 0 aliphatic rings. The molecule has 0 radical (unpaired) electrons. The molecule has 0 unspecified atom stereocenters. The van der Waals surface area contributed by atoms with Crippen LogP contribution in [0.2, 0.25) is 0 Å². The van der Waals surface area contributed by atoms with E-state index >= 15 is 0 Å². The quantitative estimate of drug-likeness (QED) is 0.929. The predicted molar refractivity (Wildman–Crippen MR) is 59.8 cm³/mol. The molecule has 1 N–H and O–H groups in total. The second-order valence-electron chi connectivity index (χ2n) is 4.01. The van der Waals surface area contributed by atoms with Gasteiger partial charge in [0.2, 0.25) is 0 Å². The average molecular weight is 273 g/mol. The van der Waals surface area contributed by atoms with Crippen molar-refractivity contribution in [1.29, 1.82) is 0 Å². The van der Waals surface area contributed by atoms with Crippen molar-refractivity contribution in [3.05, 3.63) is 23.8 Å². The summed E-state index contributed by atoms with van der Waals surface area (Å²) >= 11 is 0. The fourth-order valence-electron chi connectivity index (χ4n) is 1.76. The molecule has 8 heteroatoms. The van der Waals surface area contributed by atoms with Gasteiger partial charge in [-0.05, 0) is 18.6 Å². The van der Waals surface area contributed by atoms with Gasteiger partial charge in [0.05, 0.1) is 11.1 Å². The summed E-state index contributed by atoms with van der Waals surface area (Å²) in [5.74, 6) is -1.15. The maximum Gasteiger partial charge on any atom is 0.389 e. The number of hydrogen-bond donors (Lipinski definition) is 1. The van der Waals surface area contributed by atoms with Crippen LogP contribution in [0.1, 0.15) is 23.2 Å². The monoisotopic (exact) mass is 273 g/mol. The zero-order valence-corrected chi connectivity index (χ0v) is 9.68. The second kappa shape index (κ2) is 4.87. The summed E-state index contributed by atoms with van der Waals surface area (Å²) in [6, 6.07) is 4.46. The number of nitrogens with zero attached hydrogens (tertiary/aromatic N) is 3. The third-order valence-corrected chi connectivity index (χ3v) is 2.61. The number of carboxylic acids is 1. The highest BCUT2D eigenvalue weighted by Gasteiger charge is 2.26. The molecule has 102 valence electrons. The van der Waals surface area contributed by atoms with E-state index in [1.54, 1.807) is 6.07 Å². The van der Waals surface area contributed by atoms with Crippen molar-refractivity contribution in [1.82, 2.24) is 15.0 Å². The van der Waals surface area contributed by atoms with Gasteiger partial charge in [-0.25, -0.2) is 9.48 Å². The molecule has 5 nitrogen and oxygen atoms in total. The fourth-order valence-corrected chi connectivity index (χ4v) is 1.76.